The monoisotopic (exact) mass is 182 g/mol. The van der Waals surface area contributed by atoms with Crippen molar-refractivity contribution in [2.24, 2.45) is 0 Å². The molecule has 1 saturated heterocycles. The van der Waals surface area contributed by atoms with Crippen LogP contribution in [0, 0.1) is 0 Å². The zero-order chi connectivity index (χ0) is 9.26. The Balaban J connectivity index is 1.92. The molecular weight excluding hydrogens is 160 g/mol. The summed E-state index contributed by atoms with van der Waals surface area (Å²) in [6.45, 7) is 7.13. The fourth-order valence-electron chi connectivity index (χ4n) is 2.60. The first-order chi connectivity index (χ1) is 6.29. The number of nitrogens with one attached hydrogen (secondary N) is 1. The van der Waals surface area contributed by atoms with Crippen LogP contribution in [0.1, 0.15) is 39.5 Å². The first kappa shape index (κ1) is 9.47. The van der Waals surface area contributed by atoms with Gasteiger partial charge in [0.2, 0.25) is 0 Å². The van der Waals surface area contributed by atoms with E-state index in [0.29, 0.717) is 0 Å². The minimum absolute atomic E-state index is 0.734. The highest BCUT2D eigenvalue weighted by Gasteiger charge is 2.35. The highest BCUT2D eigenvalue weighted by atomic mass is 15.2. The fourth-order valence-corrected chi connectivity index (χ4v) is 2.60. The van der Waals surface area contributed by atoms with Crippen LogP contribution in [0.4, 0.5) is 0 Å². The summed E-state index contributed by atoms with van der Waals surface area (Å²) in [6.07, 6.45) is 5.64. The first-order valence-corrected chi connectivity index (χ1v) is 5.77. The Morgan fingerprint density at radius 3 is 2.38 bits per heavy atom. The third-order valence-electron chi connectivity index (χ3n) is 3.26. The van der Waals surface area contributed by atoms with Crippen molar-refractivity contribution < 1.29 is 0 Å². The third kappa shape index (κ3) is 2.23. The van der Waals surface area contributed by atoms with Crippen LogP contribution < -0.4 is 5.32 Å². The van der Waals surface area contributed by atoms with Gasteiger partial charge in [0.05, 0.1) is 0 Å². The van der Waals surface area contributed by atoms with Gasteiger partial charge in [0.15, 0.2) is 0 Å². The van der Waals surface area contributed by atoms with Crippen molar-refractivity contribution in [3.8, 4) is 0 Å². The normalized spacial score (nSPS) is 30.0. The standard InChI is InChI=1S/C11H22N2/c1-9(2)13(10-5-6-10)11-4-3-7-12-8-11/h9-12H,3-8H2,1-2H3. The molecule has 1 unspecified atom stereocenters. The van der Waals surface area contributed by atoms with Crippen LogP contribution in [0.2, 0.25) is 0 Å². The topological polar surface area (TPSA) is 15.3 Å². The molecule has 1 atom stereocenters. The zero-order valence-corrected chi connectivity index (χ0v) is 8.92. The van der Waals surface area contributed by atoms with E-state index < -0.39 is 0 Å². The minimum atomic E-state index is 0.734. The van der Waals surface area contributed by atoms with Crippen molar-refractivity contribution in [3.63, 3.8) is 0 Å². The lowest BCUT2D eigenvalue weighted by molar-refractivity contribution is 0.120. The van der Waals surface area contributed by atoms with Gasteiger partial charge < -0.3 is 5.32 Å². The van der Waals surface area contributed by atoms with Crippen LogP contribution in [0.25, 0.3) is 0 Å². The molecule has 0 radical (unpaired) electrons. The summed E-state index contributed by atoms with van der Waals surface area (Å²) < 4.78 is 0. The first-order valence-electron chi connectivity index (χ1n) is 5.77. The maximum atomic E-state index is 3.51. The summed E-state index contributed by atoms with van der Waals surface area (Å²) in [6, 6.07) is 2.48. The maximum absolute atomic E-state index is 3.51. The number of hydrogen-bond acceptors (Lipinski definition) is 2. The van der Waals surface area contributed by atoms with Crippen molar-refractivity contribution in [1.82, 2.24) is 10.2 Å². The summed E-state index contributed by atoms with van der Waals surface area (Å²) in [7, 11) is 0. The van der Waals surface area contributed by atoms with E-state index in [9.17, 15) is 0 Å². The molecule has 0 aromatic carbocycles. The van der Waals surface area contributed by atoms with Gasteiger partial charge in [-0.3, -0.25) is 4.90 Å². The van der Waals surface area contributed by atoms with Crippen molar-refractivity contribution >= 4 is 0 Å². The van der Waals surface area contributed by atoms with Gasteiger partial charge in [-0.15, -0.1) is 0 Å². The van der Waals surface area contributed by atoms with Gasteiger partial charge in [-0.1, -0.05) is 0 Å². The smallest absolute Gasteiger partial charge is 0.0226 e. The van der Waals surface area contributed by atoms with Gasteiger partial charge in [0.25, 0.3) is 0 Å². The van der Waals surface area contributed by atoms with Gasteiger partial charge in [0.1, 0.15) is 0 Å². The highest BCUT2D eigenvalue weighted by Crippen LogP contribution is 2.31. The Hall–Kier alpha value is -0.0800. The molecule has 1 N–H and O–H groups in total. The van der Waals surface area contributed by atoms with Crippen LogP contribution in [0.15, 0.2) is 0 Å². The molecule has 2 fully saturated rings. The molecule has 1 aliphatic carbocycles. The van der Waals surface area contributed by atoms with Crippen LogP contribution in [0.5, 0.6) is 0 Å². The van der Waals surface area contributed by atoms with E-state index in [-0.39, 0.29) is 0 Å². The minimum Gasteiger partial charge on any atom is -0.315 e. The molecule has 0 spiro atoms. The predicted molar refractivity (Wildman–Crippen MR) is 55.9 cm³/mol. The molecule has 1 heterocycles. The van der Waals surface area contributed by atoms with E-state index >= 15 is 0 Å². The SMILES string of the molecule is CC(C)N(C1CC1)C1CCCNC1. The zero-order valence-electron chi connectivity index (χ0n) is 8.92. The summed E-state index contributed by atoms with van der Waals surface area (Å²) >= 11 is 0. The molecule has 2 nitrogen and oxygen atoms in total. The Morgan fingerprint density at radius 2 is 1.92 bits per heavy atom. The van der Waals surface area contributed by atoms with Crippen LogP contribution in [-0.4, -0.2) is 36.1 Å². The molecule has 0 aromatic heterocycles. The second-order valence-electron chi connectivity index (χ2n) is 4.77. The van der Waals surface area contributed by atoms with Crippen LogP contribution in [0.3, 0.4) is 0 Å². The molecule has 76 valence electrons. The summed E-state index contributed by atoms with van der Waals surface area (Å²) in [4.78, 5) is 2.74. The Labute approximate surface area is 81.7 Å². The summed E-state index contributed by atoms with van der Waals surface area (Å²) in [5.41, 5.74) is 0. The molecule has 2 heteroatoms. The van der Waals surface area contributed by atoms with E-state index in [1.165, 1.54) is 38.8 Å². The number of hydrogen-bond donors (Lipinski definition) is 1. The van der Waals surface area contributed by atoms with Crippen LogP contribution in [-0.2, 0) is 0 Å². The Morgan fingerprint density at radius 1 is 1.15 bits per heavy atom. The third-order valence-corrected chi connectivity index (χ3v) is 3.26. The number of rotatable bonds is 3. The van der Waals surface area contributed by atoms with Gasteiger partial charge >= 0.3 is 0 Å². The van der Waals surface area contributed by atoms with Gasteiger partial charge in [-0.05, 0) is 46.1 Å². The van der Waals surface area contributed by atoms with Crippen molar-refractivity contribution in [2.75, 3.05) is 13.1 Å². The second-order valence-corrected chi connectivity index (χ2v) is 4.77. The largest absolute Gasteiger partial charge is 0.315 e. The Kier molecular flexibility index (Phi) is 2.89. The molecule has 0 amide bonds. The molecule has 0 bridgehead atoms. The van der Waals surface area contributed by atoms with E-state index in [4.69, 9.17) is 0 Å². The van der Waals surface area contributed by atoms with Crippen LogP contribution >= 0.6 is 0 Å². The van der Waals surface area contributed by atoms with Crippen molar-refractivity contribution in [1.29, 1.82) is 0 Å². The lowest BCUT2D eigenvalue weighted by Crippen LogP contribution is -2.49. The highest BCUT2D eigenvalue weighted by molar-refractivity contribution is 4.92. The lowest BCUT2D eigenvalue weighted by atomic mass is 10.0. The summed E-state index contributed by atoms with van der Waals surface area (Å²) in [5.74, 6) is 0. The van der Waals surface area contributed by atoms with Gasteiger partial charge in [-0.25, -0.2) is 0 Å². The molecule has 2 rings (SSSR count). The lowest BCUT2D eigenvalue weighted by Gasteiger charge is -2.37. The van der Waals surface area contributed by atoms with Crippen molar-refractivity contribution in [2.45, 2.75) is 57.7 Å². The molecule has 2 aliphatic rings. The predicted octanol–water partition coefficient (Wildman–Crippen LogP) is 1.61. The summed E-state index contributed by atoms with van der Waals surface area (Å²) in [5, 5.41) is 3.51. The van der Waals surface area contributed by atoms with E-state index in [1.54, 1.807) is 0 Å². The quantitative estimate of drug-likeness (QED) is 0.713. The van der Waals surface area contributed by atoms with Crippen molar-refractivity contribution in [3.05, 3.63) is 0 Å². The molecular formula is C11H22N2. The van der Waals surface area contributed by atoms with Gasteiger partial charge in [0, 0.05) is 24.7 Å². The van der Waals surface area contributed by atoms with Gasteiger partial charge in [-0.2, -0.15) is 0 Å². The molecule has 1 saturated carbocycles. The van der Waals surface area contributed by atoms with E-state index in [0.717, 1.165) is 18.1 Å². The maximum Gasteiger partial charge on any atom is 0.0226 e. The van der Waals surface area contributed by atoms with E-state index in [2.05, 4.69) is 24.1 Å². The average Bonchev–Trinajstić information content (AvgIpc) is 2.90. The fraction of sp³-hybridized carbons (Fsp3) is 1.00. The average molecular weight is 182 g/mol. The Bertz CT molecular complexity index is 155. The molecule has 13 heavy (non-hydrogen) atoms. The second kappa shape index (κ2) is 3.97. The number of piperidine rings is 1. The number of nitrogens with zero attached hydrogens (tertiary/aromatic N) is 1. The van der Waals surface area contributed by atoms with E-state index in [1.807, 2.05) is 0 Å². The molecule has 0 aromatic rings. The molecule has 1 aliphatic heterocycles.